The quantitative estimate of drug-likeness (QED) is 0.211. The fourth-order valence-electron chi connectivity index (χ4n) is 2.76. The van der Waals surface area contributed by atoms with Crippen molar-refractivity contribution in [2.75, 3.05) is 10.6 Å². The molecule has 0 radical (unpaired) electrons. The second-order valence-corrected chi connectivity index (χ2v) is 6.73. The molecule has 2 N–H and O–H groups in total. The fraction of sp³-hybridized carbons (Fsp3) is 0.0455. The highest BCUT2D eigenvalue weighted by Crippen LogP contribution is 2.33. The summed E-state index contributed by atoms with van der Waals surface area (Å²) in [5, 5.41) is 25.9. The van der Waals surface area contributed by atoms with Gasteiger partial charge in [-0.25, -0.2) is 15.0 Å². The van der Waals surface area contributed by atoms with Crippen LogP contribution < -0.4 is 10.6 Å². The van der Waals surface area contributed by atoms with E-state index in [4.69, 9.17) is 0 Å². The Morgan fingerprint density at radius 2 is 1.47 bits per heavy atom. The van der Waals surface area contributed by atoms with Crippen LogP contribution >= 0.6 is 0 Å². The highest BCUT2D eigenvalue weighted by atomic mass is 16.6. The van der Waals surface area contributed by atoms with Crippen LogP contribution in [0.5, 0.6) is 0 Å². The zero-order valence-corrected chi connectivity index (χ0v) is 17.0. The lowest BCUT2D eigenvalue weighted by Crippen LogP contribution is -2.06. The molecule has 0 amide bonds. The lowest BCUT2D eigenvalue weighted by molar-refractivity contribution is -0.383. The first-order valence-electron chi connectivity index (χ1n) is 9.61. The monoisotopic (exact) mass is 426 g/mol. The summed E-state index contributed by atoms with van der Waals surface area (Å²) >= 11 is 0. The Hall–Kier alpha value is -4.73. The van der Waals surface area contributed by atoms with E-state index in [1.807, 2.05) is 43.3 Å². The summed E-state index contributed by atoms with van der Waals surface area (Å²) in [6, 6.07) is 19.9. The van der Waals surface area contributed by atoms with Crippen LogP contribution in [0.25, 0.3) is 0 Å². The Bertz CT molecular complexity index is 1240. The molecular weight excluding hydrogens is 408 g/mol. The van der Waals surface area contributed by atoms with Crippen molar-refractivity contribution in [3.8, 4) is 0 Å². The van der Waals surface area contributed by atoms with Crippen molar-refractivity contribution in [3.63, 3.8) is 0 Å². The molecule has 0 aliphatic carbocycles. The molecule has 10 heteroatoms. The van der Waals surface area contributed by atoms with E-state index in [1.165, 1.54) is 6.33 Å². The topological polar surface area (TPSA) is 131 Å². The van der Waals surface area contributed by atoms with Gasteiger partial charge >= 0.3 is 5.69 Å². The summed E-state index contributed by atoms with van der Waals surface area (Å²) in [6.45, 7) is 1.90. The first-order valence-corrected chi connectivity index (χ1v) is 9.61. The van der Waals surface area contributed by atoms with Crippen molar-refractivity contribution in [2.45, 2.75) is 6.92 Å². The number of nitrogens with one attached hydrogen (secondary N) is 2. The largest absolute Gasteiger partial charge is 0.353 e. The number of hydrogen-bond acceptors (Lipinski definition) is 9. The summed E-state index contributed by atoms with van der Waals surface area (Å²) in [6.07, 6.45) is 2.90. The smallest absolute Gasteiger partial charge is 0.334 e. The molecule has 10 nitrogen and oxygen atoms in total. The van der Waals surface area contributed by atoms with Gasteiger partial charge in [-0.05, 0) is 55.0 Å². The summed E-state index contributed by atoms with van der Waals surface area (Å²) in [4.78, 5) is 23.5. The molecular formula is C22H18N8O2. The lowest BCUT2D eigenvalue weighted by Gasteiger charge is -2.10. The first-order chi connectivity index (χ1) is 15.6. The predicted molar refractivity (Wildman–Crippen MR) is 121 cm³/mol. The highest BCUT2D eigenvalue weighted by Gasteiger charge is 2.23. The molecule has 2 aromatic heterocycles. The van der Waals surface area contributed by atoms with Crippen LogP contribution in [-0.2, 0) is 0 Å². The number of azo groups is 1. The average molecular weight is 426 g/mol. The maximum atomic E-state index is 11.7. The third-order valence-corrected chi connectivity index (χ3v) is 4.33. The van der Waals surface area contributed by atoms with Crippen LogP contribution in [0, 0.1) is 17.0 Å². The Balaban J connectivity index is 1.54. The van der Waals surface area contributed by atoms with E-state index in [1.54, 1.807) is 36.5 Å². The van der Waals surface area contributed by atoms with E-state index >= 15 is 0 Å². The Kier molecular flexibility index (Phi) is 6.03. The third kappa shape index (κ3) is 5.05. The van der Waals surface area contributed by atoms with Gasteiger partial charge in [-0.1, -0.05) is 24.3 Å². The van der Waals surface area contributed by atoms with Gasteiger partial charge in [0.15, 0.2) is 0 Å². The zero-order valence-electron chi connectivity index (χ0n) is 17.0. The second-order valence-electron chi connectivity index (χ2n) is 6.73. The molecule has 0 aliphatic rings. The van der Waals surface area contributed by atoms with Gasteiger partial charge < -0.3 is 10.6 Å². The van der Waals surface area contributed by atoms with E-state index in [-0.39, 0.29) is 17.3 Å². The number of aromatic nitrogens is 3. The molecule has 0 aliphatic heterocycles. The van der Waals surface area contributed by atoms with E-state index in [0.29, 0.717) is 17.2 Å². The van der Waals surface area contributed by atoms with Gasteiger partial charge in [-0.3, -0.25) is 10.1 Å². The van der Waals surface area contributed by atoms with Crippen molar-refractivity contribution < 1.29 is 4.92 Å². The molecule has 2 aromatic carbocycles. The maximum absolute atomic E-state index is 11.7. The molecule has 32 heavy (non-hydrogen) atoms. The zero-order chi connectivity index (χ0) is 22.3. The van der Waals surface area contributed by atoms with Crippen molar-refractivity contribution in [1.29, 1.82) is 0 Å². The number of nitrogens with zero attached hydrogens (tertiary/aromatic N) is 6. The van der Waals surface area contributed by atoms with Gasteiger partial charge in [-0.15, -0.1) is 0 Å². The Labute approximate surface area is 183 Å². The van der Waals surface area contributed by atoms with E-state index < -0.39 is 4.92 Å². The normalized spacial score (nSPS) is 10.8. The minimum absolute atomic E-state index is 0.0390. The highest BCUT2D eigenvalue weighted by molar-refractivity contribution is 5.76. The van der Waals surface area contributed by atoms with Crippen LogP contribution in [-0.4, -0.2) is 19.9 Å². The molecule has 4 aromatic rings. The van der Waals surface area contributed by atoms with Crippen molar-refractivity contribution in [1.82, 2.24) is 15.0 Å². The molecule has 0 bridgehead atoms. The summed E-state index contributed by atoms with van der Waals surface area (Å²) in [5.41, 5.74) is 2.67. The molecule has 0 spiro atoms. The number of nitro groups is 1. The van der Waals surface area contributed by atoms with Crippen LogP contribution in [0.15, 0.2) is 89.5 Å². The van der Waals surface area contributed by atoms with Crippen molar-refractivity contribution in [2.24, 2.45) is 10.2 Å². The van der Waals surface area contributed by atoms with Gasteiger partial charge in [0, 0.05) is 11.9 Å². The number of anilines is 4. The molecule has 0 unspecified atom stereocenters. The molecule has 0 saturated carbocycles. The molecule has 0 atom stereocenters. The van der Waals surface area contributed by atoms with Gasteiger partial charge in [-0.2, -0.15) is 10.2 Å². The van der Waals surface area contributed by atoms with Crippen LogP contribution in [0.2, 0.25) is 0 Å². The van der Waals surface area contributed by atoms with Gasteiger partial charge in [0.2, 0.25) is 11.6 Å². The molecule has 0 fully saturated rings. The molecule has 2 heterocycles. The maximum Gasteiger partial charge on any atom is 0.353 e. The SMILES string of the molecule is Cc1ccc(Nc2ncnc(Nc3ccc(N=Nc4ccccc4)cc3)c2[N+](=O)[O-])nc1. The predicted octanol–water partition coefficient (Wildman–Crippen LogP) is 5.99. The van der Waals surface area contributed by atoms with Gasteiger partial charge in [0.25, 0.3) is 0 Å². The second kappa shape index (κ2) is 9.39. The van der Waals surface area contributed by atoms with Crippen molar-refractivity contribution in [3.05, 3.63) is 94.9 Å². The number of rotatable bonds is 7. The fourth-order valence-corrected chi connectivity index (χ4v) is 2.76. The number of benzene rings is 2. The van der Waals surface area contributed by atoms with E-state index in [9.17, 15) is 10.1 Å². The Morgan fingerprint density at radius 3 is 2.09 bits per heavy atom. The standard InChI is InChI=1S/C22H18N8O2/c1-15-7-12-19(23-13-15)27-22-20(30(31)32)21(24-14-25-22)26-16-8-10-18(11-9-16)29-28-17-5-3-2-4-6-17/h2-14H,1H3,(H2,23,24,25,26,27). The molecule has 158 valence electrons. The number of hydrogen-bond donors (Lipinski definition) is 2. The first kappa shape index (κ1) is 20.5. The summed E-state index contributed by atoms with van der Waals surface area (Å²) in [5.74, 6) is 0.534. The van der Waals surface area contributed by atoms with Crippen LogP contribution in [0.3, 0.4) is 0 Å². The minimum atomic E-state index is -0.540. The van der Waals surface area contributed by atoms with E-state index in [0.717, 1.165) is 11.3 Å². The minimum Gasteiger partial charge on any atom is -0.334 e. The van der Waals surface area contributed by atoms with E-state index in [2.05, 4.69) is 35.8 Å². The van der Waals surface area contributed by atoms with Crippen molar-refractivity contribution >= 4 is 40.2 Å². The van der Waals surface area contributed by atoms with Gasteiger partial charge in [0.1, 0.15) is 12.1 Å². The van der Waals surface area contributed by atoms with Crippen LogP contribution in [0.4, 0.5) is 40.2 Å². The number of aryl methyl sites for hydroxylation is 1. The third-order valence-electron chi connectivity index (χ3n) is 4.33. The molecule has 4 rings (SSSR count). The summed E-state index contributed by atoms with van der Waals surface area (Å²) < 4.78 is 0. The number of pyridine rings is 1. The summed E-state index contributed by atoms with van der Waals surface area (Å²) in [7, 11) is 0. The Morgan fingerprint density at radius 1 is 0.812 bits per heavy atom. The van der Waals surface area contributed by atoms with Gasteiger partial charge in [0.05, 0.1) is 16.3 Å². The van der Waals surface area contributed by atoms with Crippen LogP contribution in [0.1, 0.15) is 5.56 Å². The average Bonchev–Trinajstić information content (AvgIpc) is 2.81. The molecule has 0 saturated heterocycles. The lowest BCUT2D eigenvalue weighted by atomic mass is 10.3.